The largest absolute Gasteiger partial charge is 0.205 e. The Kier molecular flexibility index (Phi) is 4.50. The average Bonchev–Trinajstić information content (AvgIpc) is 3.17. The van der Waals surface area contributed by atoms with Crippen molar-refractivity contribution in [3.05, 3.63) is 78.6 Å². The van der Waals surface area contributed by atoms with Gasteiger partial charge in [-0.25, -0.2) is 4.39 Å². The minimum absolute atomic E-state index is 0.320. The number of hydrogen-bond acceptors (Lipinski definition) is 4. The lowest BCUT2D eigenvalue weighted by atomic mass is 9.99. The lowest BCUT2D eigenvalue weighted by Crippen LogP contribution is -2.03. The summed E-state index contributed by atoms with van der Waals surface area (Å²) in [5, 5.41) is 12.0. The van der Waals surface area contributed by atoms with E-state index in [1.807, 2.05) is 42.7 Å². The van der Waals surface area contributed by atoms with Gasteiger partial charge in [0.05, 0.1) is 0 Å². The lowest BCUT2D eigenvalue weighted by Gasteiger charge is -2.13. The Bertz CT molecular complexity index is 1060. The third kappa shape index (κ3) is 2.88. The molecule has 0 radical (unpaired) electrons. The van der Waals surface area contributed by atoms with Crippen LogP contribution in [0.1, 0.15) is 0 Å². The van der Waals surface area contributed by atoms with E-state index in [0.29, 0.717) is 11.5 Å². The number of aromatic nitrogens is 4. The van der Waals surface area contributed by atoms with Gasteiger partial charge in [-0.3, -0.25) is 0 Å². The maximum Gasteiger partial charge on any atom is 0.187 e. The number of tetrazole rings is 1. The number of halogens is 1. The van der Waals surface area contributed by atoms with Crippen LogP contribution >= 0.6 is 11.8 Å². The molecule has 0 saturated heterocycles. The third-order valence-corrected chi connectivity index (χ3v) is 4.91. The third-order valence-electron chi connectivity index (χ3n) is 4.12. The molecule has 0 aliphatic carbocycles. The van der Waals surface area contributed by atoms with Gasteiger partial charge < -0.3 is 0 Å². The second kappa shape index (κ2) is 7.09. The smallest absolute Gasteiger partial charge is 0.187 e. The summed E-state index contributed by atoms with van der Waals surface area (Å²) in [4.78, 5) is 1.16. The first-order valence-corrected chi connectivity index (χ1v) is 9.28. The minimum Gasteiger partial charge on any atom is -0.205 e. The maximum atomic E-state index is 14.3. The first-order chi connectivity index (χ1) is 12.8. The summed E-state index contributed by atoms with van der Waals surface area (Å²) in [5.41, 5.74) is 3.27. The van der Waals surface area contributed by atoms with Gasteiger partial charge in [-0.2, -0.15) is 4.68 Å². The van der Waals surface area contributed by atoms with Crippen molar-refractivity contribution in [3.63, 3.8) is 0 Å². The normalized spacial score (nSPS) is 10.8. The molecule has 4 aromatic rings. The van der Waals surface area contributed by atoms with Gasteiger partial charge in [0.25, 0.3) is 0 Å². The quantitative estimate of drug-likeness (QED) is 0.487. The van der Waals surface area contributed by atoms with Gasteiger partial charge in [0.15, 0.2) is 5.82 Å². The molecule has 1 aromatic heterocycles. The Labute approximate surface area is 154 Å². The average molecular weight is 362 g/mol. The van der Waals surface area contributed by atoms with Crippen LogP contribution in [0, 0.1) is 5.82 Å². The van der Waals surface area contributed by atoms with Gasteiger partial charge in [0.2, 0.25) is 0 Å². The highest BCUT2D eigenvalue weighted by molar-refractivity contribution is 7.98. The molecule has 0 N–H and O–H groups in total. The number of benzene rings is 3. The number of hydrogen-bond donors (Lipinski definition) is 0. The van der Waals surface area contributed by atoms with Crippen LogP contribution in [0.5, 0.6) is 0 Å². The standard InChI is InChI=1S/C20H15FN4S/c1-26-19-13-7-4-9-15(19)14-8-2-3-10-16(14)20-22-23-24-25(20)18-12-6-5-11-17(18)21/h2-13H,1H3. The summed E-state index contributed by atoms with van der Waals surface area (Å²) >= 11 is 1.68. The molecule has 128 valence electrons. The topological polar surface area (TPSA) is 43.6 Å². The van der Waals surface area contributed by atoms with Crippen LogP contribution in [-0.2, 0) is 0 Å². The molecule has 0 aliphatic heterocycles. The zero-order valence-corrected chi connectivity index (χ0v) is 14.8. The number of para-hydroxylation sites is 1. The first kappa shape index (κ1) is 16.5. The van der Waals surface area contributed by atoms with Gasteiger partial charge in [0, 0.05) is 10.5 Å². The minimum atomic E-state index is -0.372. The van der Waals surface area contributed by atoms with Crippen molar-refractivity contribution < 1.29 is 4.39 Å². The van der Waals surface area contributed by atoms with E-state index in [2.05, 4.69) is 27.7 Å². The molecular weight excluding hydrogens is 347 g/mol. The molecular formula is C20H15FN4S. The molecule has 1 heterocycles. The molecule has 0 saturated carbocycles. The molecule has 4 rings (SSSR count). The van der Waals surface area contributed by atoms with E-state index < -0.39 is 0 Å². The van der Waals surface area contributed by atoms with E-state index in [4.69, 9.17) is 0 Å². The number of rotatable bonds is 4. The Morgan fingerprint density at radius 1 is 0.808 bits per heavy atom. The molecule has 0 spiro atoms. The van der Waals surface area contributed by atoms with Gasteiger partial charge in [-0.05, 0) is 46.0 Å². The predicted molar refractivity (Wildman–Crippen MR) is 102 cm³/mol. The molecule has 0 aliphatic rings. The van der Waals surface area contributed by atoms with E-state index in [0.717, 1.165) is 21.6 Å². The Morgan fingerprint density at radius 2 is 1.46 bits per heavy atom. The zero-order valence-electron chi connectivity index (χ0n) is 14.0. The summed E-state index contributed by atoms with van der Waals surface area (Å²) in [5.74, 6) is 0.129. The molecule has 26 heavy (non-hydrogen) atoms. The highest BCUT2D eigenvalue weighted by atomic mass is 32.2. The van der Waals surface area contributed by atoms with Gasteiger partial charge in [0.1, 0.15) is 11.5 Å². The summed E-state index contributed by atoms with van der Waals surface area (Å²) in [6.45, 7) is 0. The van der Waals surface area contributed by atoms with Crippen molar-refractivity contribution in [2.45, 2.75) is 4.90 Å². The molecule has 0 bridgehead atoms. The highest BCUT2D eigenvalue weighted by Gasteiger charge is 2.18. The lowest BCUT2D eigenvalue weighted by molar-refractivity contribution is 0.608. The van der Waals surface area contributed by atoms with Crippen LogP contribution in [0.15, 0.2) is 77.7 Å². The van der Waals surface area contributed by atoms with Crippen molar-refractivity contribution >= 4 is 11.8 Å². The van der Waals surface area contributed by atoms with Gasteiger partial charge >= 0.3 is 0 Å². The second-order valence-corrected chi connectivity index (χ2v) is 6.46. The van der Waals surface area contributed by atoms with Crippen LogP contribution in [0.2, 0.25) is 0 Å². The van der Waals surface area contributed by atoms with E-state index in [-0.39, 0.29) is 5.82 Å². The van der Waals surface area contributed by atoms with Crippen LogP contribution in [-0.4, -0.2) is 26.5 Å². The summed E-state index contributed by atoms with van der Waals surface area (Å²) in [7, 11) is 0. The molecule has 0 atom stereocenters. The van der Waals surface area contributed by atoms with E-state index in [1.165, 1.54) is 10.7 Å². The fraction of sp³-hybridized carbons (Fsp3) is 0.0500. The molecule has 0 unspecified atom stereocenters. The van der Waals surface area contributed by atoms with Crippen LogP contribution in [0.4, 0.5) is 4.39 Å². The monoisotopic (exact) mass is 362 g/mol. The van der Waals surface area contributed by atoms with Crippen molar-refractivity contribution in [2.24, 2.45) is 0 Å². The van der Waals surface area contributed by atoms with E-state index in [9.17, 15) is 4.39 Å². The highest BCUT2D eigenvalue weighted by Crippen LogP contribution is 2.36. The van der Waals surface area contributed by atoms with Gasteiger partial charge in [-0.1, -0.05) is 54.6 Å². The molecule has 6 heteroatoms. The summed E-state index contributed by atoms with van der Waals surface area (Å²) < 4.78 is 15.7. The zero-order chi connectivity index (χ0) is 17.9. The fourth-order valence-corrected chi connectivity index (χ4v) is 3.53. The molecule has 3 aromatic carbocycles. The van der Waals surface area contributed by atoms with Crippen molar-refractivity contribution in [1.82, 2.24) is 20.2 Å². The van der Waals surface area contributed by atoms with Crippen LogP contribution in [0.3, 0.4) is 0 Å². The Morgan fingerprint density at radius 3 is 2.23 bits per heavy atom. The van der Waals surface area contributed by atoms with E-state index >= 15 is 0 Å². The van der Waals surface area contributed by atoms with Gasteiger partial charge in [-0.15, -0.1) is 16.9 Å². The van der Waals surface area contributed by atoms with Crippen LogP contribution < -0.4 is 0 Å². The van der Waals surface area contributed by atoms with Crippen molar-refractivity contribution in [3.8, 4) is 28.2 Å². The molecule has 0 amide bonds. The number of nitrogens with zero attached hydrogens (tertiary/aromatic N) is 4. The summed E-state index contributed by atoms with van der Waals surface area (Å²) in [6.07, 6.45) is 2.05. The predicted octanol–water partition coefficient (Wildman–Crippen LogP) is 4.86. The second-order valence-electron chi connectivity index (χ2n) is 5.61. The van der Waals surface area contributed by atoms with Crippen molar-refractivity contribution in [1.29, 1.82) is 0 Å². The Balaban J connectivity index is 1.93. The van der Waals surface area contributed by atoms with E-state index in [1.54, 1.807) is 30.0 Å². The van der Waals surface area contributed by atoms with Crippen LogP contribution in [0.25, 0.3) is 28.2 Å². The fourth-order valence-electron chi connectivity index (χ4n) is 2.92. The molecule has 4 nitrogen and oxygen atoms in total. The molecule has 0 fully saturated rings. The first-order valence-electron chi connectivity index (χ1n) is 8.05. The number of thioether (sulfide) groups is 1. The Hall–Kier alpha value is -2.99. The SMILES string of the molecule is CSc1ccccc1-c1ccccc1-c1nnnn1-c1ccccc1F. The van der Waals surface area contributed by atoms with Crippen molar-refractivity contribution in [2.75, 3.05) is 6.26 Å². The summed E-state index contributed by atoms with van der Waals surface area (Å²) in [6, 6.07) is 22.5. The maximum absolute atomic E-state index is 14.3.